The van der Waals surface area contributed by atoms with Crippen LogP contribution in [0.4, 0.5) is 0 Å². The lowest BCUT2D eigenvalue weighted by molar-refractivity contribution is 0.141. The minimum Gasteiger partial charge on any atom is -0.488 e. The molecule has 1 aliphatic heterocycles. The predicted octanol–water partition coefficient (Wildman–Crippen LogP) is 2.64. The molecule has 0 N–H and O–H groups in total. The first-order valence-electron chi connectivity index (χ1n) is 5.86. The molecule has 0 radical (unpaired) electrons. The molecule has 1 fully saturated rings. The molecule has 2 aromatic rings. The molecule has 0 amide bonds. The summed E-state index contributed by atoms with van der Waals surface area (Å²) >= 11 is 2.25. The van der Waals surface area contributed by atoms with Gasteiger partial charge >= 0.3 is 0 Å². The van der Waals surface area contributed by atoms with E-state index in [0.29, 0.717) is 6.61 Å². The van der Waals surface area contributed by atoms with E-state index < -0.39 is 0 Å². The van der Waals surface area contributed by atoms with Crippen molar-refractivity contribution in [2.75, 3.05) is 13.2 Å². The highest BCUT2D eigenvalue weighted by atomic mass is 127. The molecule has 18 heavy (non-hydrogen) atoms. The third-order valence-corrected chi connectivity index (χ3v) is 3.40. The number of ether oxygens (including phenoxy) is 2. The van der Waals surface area contributed by atoms with E-state index in [-0.39, 0.29) is 6.10 Å². The normalized spacial score (nSPS) is 19.1. The highest BCUT2D eigenvalue weighted by molar-refractivity contribution is 14.1. The highest BCUT2D eigenvalue weighted by Gasteiger charge is 2.16. The average molecular weight is 356 g/mol. The topological polar surface area (TPSA) is 36.3 Å². The zero-order valence-corrected chi connectivity index (χ0v) is 11.9. The smallest absolute Gasteiger partial charge is 0.124 e. The Balaban J connectivity index is 1.72. The standard InChI is InChI=1S/C13H13IN2O2/c14-10-7-15-16(8-10)11-1-3-12(4-2-11)18-13-5-6-17-9-13/h1-4,7-8,13H,5-6,9H2/t13-/m1/s1. The van der Waals surface area contributed by atoms with Crippen LogP contribution in [0.1, 0.15) is 6.42 Å². The van der Waals surface area contributed by atoms with Crippen LogP contribution >= 0.6 is 22.6 Å². The first-order valence-corrected chi connectivity index (χ1v) is 6.94. The Morgan fingerprint density at radius 2 is 2.17 bits per heavy atom. The van der Waals surface area contributed by atoms with Crippen LogP contribution in [0.3, 0.4) is 0 Å². The molecular formula is C13H13IN2O2. The number of aromatic nitrogens is 2. The maximum absolute atomic E-state index is 5.82. The molecule has 1 aliphatic rings. The second-order valence-electron chi connectivity index (χ2n) is 4.20. The molecule has 0 unspecified atom stereocenters. The van der Waals surface area contributed by atoms with Crippen molar-refractivity contribution in [2.45, 2.75) is 12.5 Å². The molecule has 2 heterocycles. The summed E-state index contributed by atoms with van der Waals surface area (Å²) < 4.78 is 14.1. The van der Waals surface area contributed by atoms with Crippen LogP contribution in [-0.2, 0) is 4.74 Å². The third kappa shape index (κ3) is 2.67. The lowest BCUT2D eigenvalue weighted by Gasteiger charge is -2.12. The van der Waals surface area contributed by atoms with Gasteiger partial charge in [-0.15, -0.1) is 0 Å². The van der Waals surface area contributed by atoms with Gasteiger partial charge in [0.1, 0.15) is 11.9 Å². The summed E-state index contributed by atoms with van der Waals surface area (Å²) in [5.74, 6) is 0.885. The molecular weight excluding hydrogens is 343 g/mol. The van der Waals surface area contributed by atoms with E-state index in [9.17, 15) is 0 Å². The number of hydrogen-bond donors (Lipinski definition) is 0. The fourth-order valence-electron chi connectivity index (χ4n) is 1.92. The van der Waals surface area contributed by atoms with Gasteiger partial charge in [0, 0.05) is 12.6 Å². The van der Waals surface area contributed by atoms with Crippen LogP contribution in [0.5, 0.6) is 5.75 Å². The summed E-state index contributed by atoms with van der Waals surface area (Å²) in [6.45, 7) is 1.49. The zero-order chi connectivity index (χ0) is 12.4. The van der Waals surface area contributed by atoms with Crippen LogP contribution in [0, 0.1) is 3.57 Å². The molecule has 0 bridgehead atoms. The predicted molar refractivity (Wildman–Crippen MR) is 76.1 cm³/mol. The van der Waals surface area contributed by atoms with Crippen LogP contribution in [-0.4, -0.2) is 29.1 Å². The van der Waals surface area contributed by atoms with E-state index in [0.717, 1.165) is 28.0 Å². The SMILES string of the molecule is Ic1cnn(-c2ccc(O[C@@H]3CCOC3)cc2)c1. The maximum Gasteiger partial charge on any atom is 0.124 e. The molecule has 94 valence electrons. The van der Waals surface area contributed by atoms with Crippen molar-refractivity contribution in [3.05, 3.63) is 40.2 Å². The van der Waals surface area contributed by atoms with Crippen molar-refractivity contribution in [1.82, 2.24) is 9.78 Å². The van der Waals surface area contributed by atoms with Crippen LogP contribution in [0.25, 0.3) is 5.69 Å². The Labute approximate surface area is 119 Å². The van der Waals surface area contributed by atoms with Crippen molar-refractivity contribution in [3.8, 4) is 11.4 Å². The summed E-state index contributed by atoms with van der Waals surface area (Å²) in [5.41, 5.74) is 1.04. The van der Waals surface area contributed by atoms with Gasteiger partial charge in [0.2, 0.25) is 0 Å². The van der Waals surface area contributed by atoms with E-state index in [1.807, 2.05) is 41.3 Å². The Bertz CT molecular complexity index is 518. The average Bonchev–Trinajstić information content (AvgIpc) is 3.02. The summed E-state index contributed by atoms with van der Waals surface area (Å²) in [6, 6.07) is 7.97. The first-order chi connectivity index (χ1) is 8.81. The van der Waals surface area contributed by atoms with Crippen molar-refractivity contribution in [3.63, 3.8) is 0 Å². The zero-order valence-electron chi connectivity index (χ0n) is 9.75. The Morgan fingerprint density at radius 1 is 1.33 bits per heavy atom. The molecule has 1 saturated heterocycles. The van der Waals surface area contributed by atoms with E-state index in [1.54, 1.807) is 0 Å². The van der Waals surface area contributed by atoms with E-state index >= 15 is 0 Å². The Kier molecular flexibility index (Phi) is 3.51. The third-order valence-electron chi connectivity index (χ3n) is 2.84. The van der Waals surface area contributed by atoms with Gasteiger partial charge in [0.05, 0.1) is 28.7 Å². The van der Waals surface area contributed by atoms with Crippen LogP contribution in [0.15, 0.2) is 36.7 Å². The fraction of sp³-hybridized carbons (Fsp3) is 0.308. The molecule has 4 nitrogen and oxygen atoms in total. The molecule has 1 aromatic carbocycles. The van der Waals surface area contributed by atoms with E-state index in [2.05, 4.69) is 27.7 Å². The van der Waals surface area contributed by atoms with Crippen molar-refractivity contribution in [2.24, 2.45) is 0 Å². The minimum atomic E-state index is 0.196. The number of benzene rings is 1. The Morgan fingerprint density at radius 3 is 2.78 bits per heavy atom. The lowest BCUT2D eigenvalue weighted by atomic mass is 10.3. The lowest BCUT2D eigenvalue weighted by Crippen LogP contribution is -2.15. The number of rotatable bonds is 3. The molecule has 0 aliphatic carbocycles. The van der Waals surface area contributed by atoms with Crippen molar-refractivity contribution < 1.29 is 9.47 Å². The fourth-order valence-corrected chi connectivity index (χ4v) is 2.31. The maximum atomic E-state index is 5.82. The molecule has 1 atom stereocenters. The van der Waals surface area contributed by atoms with Crippen LogP contribution in [0.2, 0.25) is 0 Å². The number of hydrogen-bond acceptors (Lipinski definition) is 3. The summed E-state index contributed by atoms with van der Waals surface area (Å²) in [5, 5.41) is 4.27. The molecule has 0 saturated carbocycles. The van der Waals surface area contributed by atoms with Gasteiger partial charge in [-0.1, -0.05) is 0 Å². The van der Waals surface area contributed by atoms with Gasteiger partial charge in [-0.3, -0.25) is 0 Å². The van der Waals surface area contributed by atoms with Gasteiger partial charge in [-0.25, -0.2) is 4.68 Å². The highest BCUT2D eigenvalue weighted by Crippen LogP contribution is 2.19. The van der Waals surface area contributed by atoms with Gasteiger partial charge in [-0.05, 0) is 46.9 Å². The summed E-state index contributed by atoms with van der Waals surface area (Å²) in [6.07, 6.45) is 4.99. The minimum absolute atomic E-state index is 0.196. The second kappa shape index (κ2) is 5.27. The first kappa shape index (κ1) is 12.0. The molecule has 5 heteroatoms. The molecule has 3 rings (SSSR count). The quantitative estimate of drug-likeness (QED) is 0.794. The van der Waals surface area contributed by atoms with Crippen LogP contribution < -0.4 is 4.74 Å². The summed E-state index contributed by atoms with van der Waals surface area (Å²) in [4.78, 5) is 0. The van der Waals surface area contributed by atoms with Gasteiger partial charge < -0.3 is 9.47 Å². The van der Waals surface area contributed by atoms with Crippen molar-refractivity contribution >= 4 is 22.6 Å². The largest absolute Gasteiger partial charge is 0.488 e. The molecule has 1 aromatic heterocycles. The molecule has 0 spiro atoms. The summed E-state index contributed by atoms with van der Waals surface area (Å²) in [7, 11) is 0. The van der Waals surface area contributed by atoms with Gasteiger partial charge in [0.25, 0.3) is 0 Å². The number of halogens is 1. The van der Waals surface area contributed by atoms with Gasteiger partial charge in [0.15, 0.2) is 0 Å². The van der Waals surface area contributed by atoms with Gasteiger partial charge in [-0.2, -0.15) is 5.10 Å². The van der Waals surface area contributed by atoms with Crippen molar-refractivity contribution in [1.29, 1.82) is 0 Å². The second-order valence-corrected chi connectivity index (χ2v) is 5.45. The Hall–Kier alpha value is -1.08. The number of nitrogens with zero attached hydrogens (tertiary/aromatic N) is 2. The van der Waals surface area contributed by atoms with E-state index in [4.69, 9.17) is 9.47 Å². The van der Waals surface area contributed by atoms with E-state index in [1.165, 1.54) is 0 Å². The monoisotopic (exact) mass is 356 g/mol.